The highest BCUT2D eigenvalue weighted by Gasteiger charge is 2.43. The third kappa shape index (κ3) is 11.3. The highest BCUT2D eigenvalue weighted by Crippen LogP contribution is 2.33. The van der Waals surface area contributed by atoms with Crippen LogP contribution in [0.15, 0.2) is 121 Å². The number of carbonyl (C=O) groups is 2. The molecule has 0 unspecified atom stereocenters. The molecule has 2 rings (SSSR count). The molecular weight excluding hydrogens is 664 g/mol. The molecule has 0 fully saturated rings. The Morgan fingerprint density at radius 2 is 1.65 bits per heavy atom. The van der Waals surface area contributed by atoms with Crippen LogP contribution in [0, 0.1) is 5.82 Å². The lowest BCUT2D eigenvalue weighted by molar-refractivity contribution is -0.274. The Labute approximate surface area is 268 Å². The van der Waals surface area contributed by atoms with Gasteiger partial charge in [-0.2, -0.15) is 30.7 Å². The Kier molecular flexibility index (Phi) is 13.6. The van der Waals surface area contributed by atoms with E-state index in [1.807, 2.05) is 0 Å². The van der Waals surface area contributed by atoms with Crippen molar-refractivity contribution in [2.24, 2.45) is 0 Å². The monoisotopic (exact) mass is 691 g/mol. The average molecular weight is 692 g/mol. The van der Waals surface area contributed by atoms with E-state index in [0.717, 1.165) is 18.2 Å². The molecule has 1 amide bonds. The average Bonchev–Trinajstić information content (AvgIpc) is 3.00. The first-order valence-corrected chi connectivity index (χ1v) is 13.6. The highest BCUT2D eigenvalue weighted by atomic mass is 19.4. The van der Waals surface area contributed by atoms with Crippen molar-refractivity contribution in [1.82, 2.24) is 5.32 Å². The normalized spacial score (nSPS) is 14.2. The zero-order chi connectivity index (χ0) is 36.3. The molecular formula is C33H27F10NO4. The topological polar surface area (TPSA) is 64.6 Å². The van der Waals surface area contributed by atoms with Crippen molar-refractivity contribution in [1.29, 1.82) is 0 Å². The van der Waals surface area contributed by atoms with E-state index in [1.54, 1.807) is 18.2 Å². The summed E-state index contributed by atoms with van der Waals surface area (Å²) < 4.78 is 143. The van der Waals surface area contributed by atoms with Crippen LogP contribution in [-0.4, -0.2) is 29.9 Å². The van der Waals surface area contributed by atoms with Gasteiger partial charge in [-0.1, -0.05) is 62.6 Å². The fraction of sp³-hybridized carbons (Fsp3) is 0.212. The fourth-order valence-electron chi connectivity index (χ4n) is 3.75. The minimum absolute atomic E-state index is 0.0724. The number of hydrogen-bond acceptors (Lipinski definition) is 4. The molecule has 0 aliphatic rings. The fourth-order valence-corrected chi connectivity index (χ4v) is 3.75. The van der Waals surface area contributed by atoms with Crippen molar-refractivity contribution in [3.63, 3.8) is 0 Å². The molecule has 0 heterocycles. The van der Waals surface area contributed by atoms with Gasteiger partial charge >= 0.3 is 24.7 Å². The van der Waals surface area contributed by atoms with Crippen LogP contribution in [0.2, 0.25) is 0 Å². The van der Waals surface area contributed by atoms with Gasteiger partial charge in [0.25, 0.3) is 5.91 Å². The third-order valence-electron chi connectivity index (χ3n) is 6.20. The number of alkyl halides is 7. The van der Waals surface area contributed by atoms with Crippen LogP contribution in [0.4, 0.5) is 43.9 Å². The van der Waals surface area contributed by atoms with E-state index >= 15 is 0 Å². The molecule has 1 N–H and O–H groups in total. The predicted molar refractivity (Wildman–Crippen MR) is 155 cm³/mol. The maximum absolute atomic E-state index is 14.9. The molecule has 0 aliphatic heterocycles. The van der Waals surface area contributed by atoms with Crippen LogP contribution in [0.1, 0.15) is 34.8 Å². The van der Waals surface area contributed by atoms with E-state index < -0.39 is 76.1 Å². The Balaban J connectivity index is 2.70. The first kappa shape index (κ1) is 39.1. The second kappa shape index (κ2) is 16.7. The van der Waals surface area contributed by atoms with E-state index in [0.29, 0.717) is 23.8 Å². The molecule has 0 aliphatic carbocycles. The van der Waals surface area contributed by atoms with Crippen LogP contribution < -0.4 is 5.32 Å². The highest BCUT2D eigenvalue weighted by molar-refractivity contribution is 5.95. The van der Waals surface area contributed by atoms with Gasteiger partial charge in [0, 0.05) is 24.5 Å². The number of esters is 1. The lowest BCUT2D eigenvalue weighted by Gasteiger charge is -2.33. The molecule has 5 nitrogen and oxygen atoms in total. The molecule has 2 aromatic carbocycles. The van der Waals surface area contributed by atoms with Gasteiger partial charge < -0.3 is 14.8 Å². The summed E-state index contributed by atoms with van der Waals surface area (Å²) >= 11 is 0. The maximum Gasteiger partial charge on any atom is 0.460 e. The number of halogens is 10. The van der Waals surface area contributed by atoms with Gasteiger partial charge in [-0.25, -0.2) is 13.2 Å². The largest absolute Gasteiger partial charge is 0.460 e. The quantitative estimate of drug-likeness (QED) is 0.0876. The van der Waals surface area contributed by atoms with Crippen LogP contribution in [0.3, 0.4) is 0 Å². The van der Waals surface area contributed by atoms with Gasteiger partial charge in [0.05, 0.1) is 17.4 Å². The second-order valence-electron chi connectivity index (χ2n) is 9.74. The third-order valence-corrected chi connectivity index (χ3v) is 6.20. The molecule has 0 spiro atoms. The second-order valence-corrected chi connectivity index (χ2v) is 9.74. The molecule has 0 bridgehead atoms. The van der Waals surface area contributed by atoms with Gasteiger partial charge in [-0.05, 0) is 41.5 Å². The first-order chi connectivity index (χ1) is 22.3. The first-order valence-electron chi connectivity index (χ1n) is 13.6. The number of allylic oxidation sites excluding steroid dienone is 5. The molecule has 48 heavy (non-hydrogen) atoms. The number of nitrogens with one attached hydrogen (secondary N) is 1. The Morgan fingerprint density at radius 3 is 2.23 bits per heavy atom. The van der Waals surface area contributed by atoms with E-state index in [4.69, 9.17) is 0 Å². The SMILES string of the molecule is C=C(OC(=O)CC)C(F)=CC=C[C@@](Cc1ccccc1)(NC(=O)c1ccc(F)c(C(F)(F)F)c1)C(=C)C=C(F)C=COC(F)(F)C(F)F. The number of benzene rings is 2. The van der Waals surface area contributed by atoms with Gasteiger partial charge in [0.15, 0.2) is 11.6 Å². The summed E-state index contributed by atoms with van der Waals surface area (Å²) in [6.07, 6.45) is -11.5. The Bertz CT molecular complexity index is 1610. The van der Waals surface area contributed by atoms with Crippen LogP contribution in [-0.2, 0) is 26.9 Å². The molecule has 15 heteroatoms. The summed E-state index contributed by atoms with van der Waals surface area (Å²) in [5.41, 5.74) is -4.63. The van der Waals surface area contributed by atoms with Crippen molar-refractivity contribution in [2.45, 2.75) is 44.0 Å². The van der Waals surface area contributed by atoms with Gasteiger partial charge in [0.1, 0.15) is 11.6 Å². The molecule has 2 aromatic rings. The number of amides is 1. The summed E-state index contributed by atoms with van der Waals surface area (Å²) in [7, 11) is 0. The molecule has 258 valence electrons. The zero-order valence-corrected chi connectivity index (χ0v) is 24.9. The lowest BCUT2D eigenvalue weighted by Crippen LogP contribution is -2.50. The summed E-state index contributed by atoms with van der Waals surface area (Å²) in [6.45, 7) is 8.38. The molecule has 1 atom stereocenters. The lowest BCUT2D eigenvalue weighted by atomic mass is 9.82. The molecule has 0 saturated heterocycles. The van der Waals surface area contributed by atoms with Crippen molar-refractivity contribution in [3.8, 4) is 0 Å². The standard InChI is InChI=1S/C33H27F10NO4/c1-4-28(45)48-21(3)26(35)11-8-15-31(19-22-9-6-5-7-10-22,20(2)17-24(34)14-16-47-33(42,43)30(37)38)44-29(46)23-12-13-27(36)25(18-23)32(39,40)41/h5-18,30H,2-4,19H2,1H3,(H,44,46)/t31-/m0/s1. The van der Waals surface area contributed by atoms with E-state index in [-0.39, 0.29) is 31.2 Å². The van der Waals surface area contributed by atoms with Crippen molar-refractivity contribution >= 4 is 11.9 Å². The number of hydrogen-bond donors (Lipinski definition) is 1. The molecule has 0 saturated carbocycles. The molecule has 0 radical (unpaired) electrons. The maximum atomic E-state index is 14.9. The van der Waals surface area contributed by atoms with Gasteiger partial charge in [-0.15, -0.1) is 0 Å². The van der Waals surface area contributed by atoms with Gasteiger partial charge in [-0.3, -0.25) is 9.59 Å². The minimum Gasteiger partial charge on any atom is -0.436 e. The summed E-state index contributed by atoms with van der Waals surface area (Å²) in [4.78, 5) is 24.9. The van der Waals surface area contributed by atoms with E-state index in [2.05, 4.69) is 27.9 Å². The number of rotatable bonds is 15. The Morgan fingerprint density at radius 1 is 1.00 bits per heavy atom. The van der Waals surface area contributed by atoms with Crippen LogP contribution in [0.5, 0.6) is 0 Å². The summed E-state index contributed by atoms with van der Waals surface area (Å²) in [5, 5.41) is 2.38. The Hall–Kier alpha value is -5.08. The van der Waals surface area contributed by atoms with E-state index in [1.165, 1.54) is 19.1 Å². The number of ether oxygens (including phenoxy) is 2. The minimum atomic E-state index is -5.20. The number of carbonyl (C=O) groups excluding carboxylic acids is 2. The van der Waals surface area contributed by atoms with Crippen molar-refractivity contribution in [2.75, 3.05) is 0 Å². The van der Waals surface area contributed by atoms with Crippen LogP contribution in [0.25, 0.3) is 0 Å². The van der Waals surface area contributed by atoms with Gasteiger partial charge in [0.2, 0.25) is 0 Å². The summed E-state index contributed by atoms with van der Waals surface area (Å²) in [5.74, 6) is -7.11. The van der Waals surface area contributed by atoms with E-state index in [9.17, 15) is 53.5 Å². The molecule has 0 aromatic heterocycles. The van der Waals surface area contributed by atoms with Crippen LogP contribution >= 0.6 is 0 Å². The van der Waals surface area contributed by atoms with Crippen molar-refractivity contribution in [3.05, 3.63) is 144 Å². The smallest absolute Gasteiger partial charge is 0.436 e. The van der Waals surface area contributed by atoms with Crippen molar-refractivity contribution < 1.29 is 63.0 Å². The summed E-state index contributed by atoms with van der Waals surface area (Å²) in [6, 6.07) is 9.08. The zero-order valence-electron chi connectivity index (χ0n) is 24.9. The predicted octanol–water partition coefficient (Wildman–Crippen LogP) is 9.23.